The molecule has 0 aromatic carbocycles. The van der Waals surface area contributed by atoms with Crippen molar-refractivity contribution in [3.8, 4) is 0 Å². The minimum Gasteiger partial charge on any atom is -0.325 e. The maximum absolute atomic E-state index is 6.38. The molecular formula is C11H22N2. The second kappa shape index (κ2) is 2.96. The molecule has 4 atom stereocenters. The van der Waals surface area contributed by atoms with Crippen molar-refractivity contribution in [3.05, 3.63) is 0 Å². The van der Waals surface area contributed by atoms with Crippen LogP contribution < -0.4 is 11.1 Å². The fourth-order valence-electron chi connectivity index (χ4n) is 3.84. The highest BCUT2D eigenvalue weighted by atomic mass is 15.0. The Kier molecular flexibility index (Phi) is 2.16. The molecule has 2 aliphatic heterocycles. The maximum atomic E-state index is 6.38. The van der Waals surface area contributed by atoms with Crippen molar-refractivity contribution >= 4 is 0 Å². The van der Waals surface area contributed by atoms with Gasteiger partial charge in [0, 0.05) is 11.6 Å². The van der Waals surface area contributed by atoms with E-state index in [-0.39, 0.29) is 13.0 Å². The zero-order valence-electron chi connectivity index (χ0n) is 7.55. The predicted molar refractivity (Wildman–Crippen MR) is 55.5 cm³/mol. The zero-order valence-corrected chi connectivity index (χ0v) is 7.55. The van der Waals surface area contributed by atoms with E-state index >= 15 is 0 Å². The van der Waals surface area contributed by atoms with E-state index in [1.54, 1.807) is 0 Å². The van der Waals surface area contributed by atoms with Gasteiger partial charge >= 0.3 is 0 Å². The van der Waals surface area contributed by atoms with E-state index in [0.29, 0.717) is 0 Å². The van der Waals surface area contributed by atoms with E-state index < -0.39 is 0 Å². The van der Waals surface area contributed by atoms with Gasteiger partial charge in [0.1, 0.15) is 0 Å². The fraction of sp³-hybridized carbons (Fsp3) is 1.00. The van der Waals surface area contributed by atoms with Gasteiger partial charge in [0.15, 0.2) is 0 Å². The van der Waals surface area contributed by atoms with Crippen molar-refractivity contribution in [1.82, 2.24) is 5.32 Å². The topological polar surface area (TPSA) is 38.0 Å². The second-order valence-electron chi connectivity index (χ2n) is 5.28. The molecule has 0 aromatic rings. The first-order valence-corrected chi connectivity index (χ1v) is 5.26. The molecular weight excluding hydrogens is 160 g/mol. The summed E-state index contributed by atoms with van der Waals surface area (Å²) in [6, 6.07) is 0.751. The van der Waals surface area contributed by atoms with Gasteiger partial charge in [0.25, 0.3) is 0 Å². The molecule has 4 rings (SSSR count). The van der Waals surface area contributed by atoms with Crippen LogP contribution in [0.2, 0.25) is 0 Å². The first kappa shape index (κ1) is 9.47. The van der Waals surface area contributed by atoms with Gasteiger partial charge in [-0.25, -0.2) is 0 Å². The van der Waals surface area contributed by atoms with E-state index in [2.05, 4.69) is 5.32 Å². The number of fused-ring (bicyclic) bond motifs is 1. The smallest absolute Gasteiger partial charge is 0.0175 e. The number of nitrogens with two attached hydrogens (primary N) is 1. The predicted octanol–water partition coefficient (Wildman–Crippen LogP) is 1.50. The molecule has 2 saturated carbocycles. The molecule has 0 aromatic heterocycles. The standard InChI is InChI=1S/C10H18N2.CH4/c11-10-3-7-1-8(4-10)6-12-9(2-7)5-10;/h7-9,12H,1-6,11H2;1H4. The Bertz CT molecular complexity index is 186. The molecule has 4 unspecified atom stereocenters. The van der Waals surface area contributed by atoms with Crippen LogP contribution in [-0.4, -0.2) is 18.1 Å². The van der Waals surface area contributed by atoms with Crippen LogP contribution in [0.1, 0.15) is 39.5 Å². The molecule has 4 bridgehead atoms. The Labute approximate surface area is 81.3 Å². The van der Waals surface area contributed by atoms with Gasteiger partial charge in [0.2, 0.25) is 0 Å². The third kappa shape index (κ3) is 1.50. The van der Waals surface area contributed by atoms with Crippen molar-refractivity contribution in [2.24, 2.45) is 17.6 Å². The lowest BCUT2D eigenvalue weighted by Crippen LogP contribution is -2.52. The maximum Gasteiger partial charge on any atom is 0.0175 e. The monoisotopic (exact) mass is 182 g/mol. The van der Waals surface area contributed by atoms with E-state index in [0.717, 1.165) is 17.9 Å². The van der Waals surface area contributed by atoms with Gasteiger partial charge in [-0.15, -0.1) is 0 Å². The average Bonchev–Trinajstić information content (AvgIpc) is 2.14. The van der Waals surface area contributed by atoms with E-state index in [4.69, 9.17) is 5.73 Å². The SMILES string of the molecule is C.NC12CC3CNC(CC(C3)C1)C2. The molecule has 0 radical (unpaired) electrons. The van der Waals surface area contributed by atoms with Gasteiger partial charge in [-0.1, -0.05) is 7.43 Å². The Balaban J connectivity index is 0.000000653. The van der Waals surface area contributed by atoms with E-state index in [9.17, 15) is 0 Å². The van der Waals surface area contributed by atoms with Crippen molar-refractivity contribution in [2.45, 2.75) is 51.1 Å². The molecule has 0 spiro atoms. The highest BCUT2D eigenvalue weighted by Crippen LogP contribution is 2.45. The Hall–Kier alpha value is -0.0800. The lowest BCUT2D eigenvalue weighted by Gasteiger charge is -2.45. The van der Waals surface area contributed by atoms with Gasteiger partial charge < -0.3 is 11.1 Å². The summed E-state index contributed by atoms with van der Waals surface area (Å²) < 4.78 is 0. The van der Waals surface area contributed by atoms with Crippen LogP contribution in [-0.2, 0) is 0 Å². The molecule has 76 valence electrons. The van der Waals surface area contributed by atoms with Gasteiger partial charge in [-0.3, -0.25) is 0 Å². The van der Waals surface area contributed by atoms with E-state index in [1.807, 2.05) is 0 Å². The van der Waals surface area contributed by atoms with Crippen molar-refractivity contribution in [1.29, 1.82) is 0 Å². The molecule has 2 saturated heterocycles. The molecule has 2 nitrogen and oxygen atoms in total. The molecule has 2 heteroatoms. The van der Waals surface area contributed by atoms with Crippen LogP contribution >= 0.6 is 0 Å². The lowest BCUT2D eigenvalue weighted by atomic mass is 9.64. The Morgan fingerprint density at radius 3 is 2.62 bits per heavy atom. The van der Waals surface area contributed by atoms with Crippen LogP contribution in [0.3, 0.4) is 0 Å². The lowest BCUT2D eigenvalue weighted by molar-refractivity contribution is 0.124. The van der Waals surface area contributed by atoms with Crippen LogP contribution in [0.5, 0.6) is 0 Å². The zero-order chi connectivity index (χ0) is 8.18. The second-order valence-corrected chi connectivity index (χ2v) is 5.28. The summed E-state index contributed by atoms with van der Waals surface area (Å²) in [7, 11) is 0. The molecule has 4 aliphatic rings. The first-order chi connectivity index (χ1) is 5.73. The summed E-state index contributed by atoms with van der Waals surface area (Å²) in [5.41, 5.74) is 6.60. The molecule has 13 heavy (non-hydrogen) atoms. The van der Waals surface area contributed by atoms with Gasteiger partial charge in [-0.05, 0) is 50.5 Å². The van der Waals surface area contributed by atoms with Crippen molar-refractivity contribution in [2.75, 3.05) is 6.54 Å². The summed E-state index contributed by atoms with van der Waals surface area (Å²) in [5, 5.41) is 3.65. The first-order valence-electron chi connectivity index (χ1n) is 5.26. The summed E-state index contributed by atoms with van der Waals surface area (Å²) in [5.74, 6) is 1.84. The summed E-state index contributed by atoms with van der Waals surface area (Å²) >= 11 is 0. The van der Waals surface area contributed by atoms with E-state index in [1.165, 1.54) is 38.6 Å². The molecule has 3 N–H and O–H groups in total. The van der Waals surface area contributed by atoms with Gasteiger partial charge in [0.05, 0.1) is 0 Å². The van der Waals surface area contributed by atoms with Gasteiger partial charge in [-0.2, -0.15) is 0 Å². The van der Waals surface area contributed by atoms with Crippen LogP contribution in [0.4, 0.5) is 0 Å². The van der Waals surface area contributed by atoms with Crippen molar-refractivity contribution in [3.63, 3.8) is 0 Å². The Morgan fingerprint density at radius 1 is 1.08 bits per heavy atom. The highest BCUT2D eigenvalue weighted by Gasteiger charge is 2.46. The number of rotatable bonds is 0. The number of hydrogen-bond acceptors (Lipinski definition) is 2. The largest absolute Gasteiger partial charge is 0.325 e. The third-order valence-electron chi connectivity index (χ3n) is 4.02. The molecule has 4 fully saturated rings. The summed E-state index contributed by atoms with van der Waals surface area (Å²) in [4.78, 5) is 0. The fourth-order valence-corrected chi connectivity index (χ4v) is 3.84. The van der Waals surface area contributed by atoms with Crippen LogP contribution in [0.15, 0.2) is 0 Å². The minimum absolute atomic E-state index is 0. The molecule has 0 amide bonds. The number of hydrogen-bond donors (Lipinski definition) is 2. The molecule has 2 heterocycles. The van der Waals surface area contributed by atoms with Crippen molar-refractivity contribution < 1.29 is 0 Å². The summed E-state index contributed by atoms with van der Waals surface area (Å²) in [6.45, 7) is 1.24. The number of nitrogens with one attached hydrogen (secondary N) is 1. The highest BCUT2D eigenvalue weighted by molar-refractivity contribution is 5.04. The quantitative estimate of drug-likeness (QED) is 0.596. The summed E-state index contributed by atoms with van der Waals surface area (Å²) in [6.07, 6.45) is 6.67. The van der Waals surface area contributed by atoms with Crippen LogP contribution in [0.25, 0.3) is 0 Å². The van der Waals surface area contributed by atoms with Crippen LogP contribution in [0, 0.1) is 11.8 Å². The average molecular weight is 182 g/mol. The Morgan fingerprint density at radius 2 is 1.85 bits per heavy atom. The molecule has 2 aliphatic carbocycles. The normalized spacial score (nSPS) is 52.8. The third-order valence-corrected chi connectivity index (χ3v) is 4.02. The minimum atomic E-state index is 0.